The Morgan fingerprint density at radius 3 is 2.65 bits per heavy atom. The molecule has 120 valence electrons. The van der Waals surface area contributed by atoms with Gasteiger partial charge in [-0.15, -0.1) is 0 Å². The van der Waals surface area contributed by atoms with Gasteiger partial charge in [-0.25, -0.2) is 0 Å². The second kappa shape index (κ2) is 7.34. The van der Waals surface area contributed by atoms with Crippen LogP contribution in [0.15, 0.2) is 42.5 Å². The van der Waals surface area contributed by atoms with Crippen LogP contribution in [0.4, 0.5) is 5.69 Å². The van der Waals surface area contributed by atoms with Crippen LogP contribution in [0.3, 0.4) is 0 Å². The van der Waals surface area contributed by atoms with Crippen LogP contribution >= 0.6 is 22.6 Å². The highest BCUT2D eigenvalue weighted by Crippen LogP contribution is 2.30. The third-order valence-electron chi connectivity index (χ3n) is 4.14. The zero-order chi connectivity index (χ0) is 16.2. The molecule has 2 aromatic rings. The van der Waals surface area contributed by atoms with E-state index in [-0.39, 0.29) is 5.91 Å². The Morgan fingerprint density at radius 1 is 1.13 bits per heavy atom. The molecule has 23 heavy (non-hydrogen) atoms. The summed E-state index contributed by atoms with van der Waals surface area (Å²) in [6, 6.07) is 13.9. The van der Waals surface area contributed by atoms with Crippen LogP contribution < -0.4 is 10.1 Å². The summed E-state index contributed by atoms with van der Waals surface area (Å²) in [5.41, 5.74) is 3.42. The smallest absolute Gasteiger partial charge is 0.265 e. The van der Waals surface area contributed by atoms with Crippen LogP contribution in [0.5, 0.6) is 5.75 Å². The van der Waals surface area contributed by atoms with Gasteiger partial charge >= 0.3 is 0 Å². The first-order valence-electron chi connectivity index (χ1n) is 7.97. The number of rotatable bonds is 4. The molecule has 0 saturated heterocycles. The van der Waals surface area contributed by atoms with Crippen molar-refractivity contribution in [2.24, 2.45) is 0 Å². The van der Waals surface area contributed by atoms with Crippen molar-refractivity contribution in [2.45, 2.75) is 38.7 Å². The van der Waals surface area contributed by atoms with Crippen LogP contribution in [0, 0.1) is 3.57 Å². The fourth-order valence-corrected chi connectivity index (χ4v) is 3.24. The number of amides is 1. The Balaban J connectivity index is 1.68. The van der Waals surface area contributed by atoms with Gasteiger partial charge in [0.2, 0.25) is 0 Å². The normalized spacial score (nSPS) is 14.7. The van der Waals surface area contributed by atoms with Gasteiger partial charge in [0, 0.05) is 9.26 Å². The molecule has 0 saturated carbocycles. The maximum absolute atomic E-state index is 12.3. The second-order valence-electron chi connectivity index (χ2n) is 5.86. The maximum Gasteiger partial charge on any atom is 0.265 e. The lowest BCUT2D eigenvalue weighted by atomic mass is 9.91. The van der Waals surface area contributed by atoms with E-state index >= 15 is 0 Å². The van der Waals surface area contributed by atoms with E-state index in [9.17, 15) is 4.79 Å². The van der Waals surface area contributed by atoms with Crippen molar-refractivity contribution in [3.05, 3.63) is 57.2 Å². The Morgan fingerprint density at radius 2 is 1.87 bits per heavy atom. The van der Waals surface area contributed by atoms with Gasteiger partial charge in [0.1, 0.15) is 5.75 Å². The number of anilines is 1. The zero-order valence-electron chi connectivity index (χ0n) is 13.1. The predicted octanol–water partition coefficient (Wildman–Crippen LogP) is 4.58. The molecule has 0 spiro atoms. The maximum atomic E-state index is 12.3. The van der Waals surface area contributed by atoms with Crippen molar-refractivity contribution >= 4 is 34.2 Å². The average molecular weight is 421 g/mol. The highest BCUT2D eigenvalue weighted by Gasteiger charge is 2.19. The summed E-state index contributed by atoms with van der Waals surface area (Å²) in [4.78, 5) is 12.3. The van der Waals surface area contributed by atoms with Gasteiger partial charge in [-0.1, -0.05) is 12.1 Å². The lowest BCUT2D eigenvalue weighted by molar-refractivity contribution is -0.122. The fourth-order valence-electron chi connectivity index (χ4n) is 2.88. The SMILES string of the molecule is C[C@H](Oc1cccc2c1CCCC2)C(=O)Nc1ccc(I)cc1. The third kappa shape index (κ3) is 4.05. The number of hydrogen-bond donors (Lipinski definition) is 1. The highest BCUT2D eigenvalue weighted by atomic mass is 127. The number of halogens is 1. The minimum absolute atomic E-state index is 0.125. The van der Waals surface area contributed by atoms with Crippen molar-refractivity contribution in [3.8, 4) is 5.75 Å². The lowest BCUT2D eigenvalue weighted by Crippen LogP contribution is -2.30. The number of nitrogens with one attached hydrogen (secondary N) is 1. The molecule has 3 rings (SSSR count). The van der Waals surface area contributed by atoms with E-state index in [2.05, 4.69) is 34.0 Å². The van der Waals surface area contributed by atoms with Crippen molar-refractivity contribution in [1.82, 2.24) is 0 Å². The molecule has 0 radical (unpaired) electrons. The van der Waals surface area contributed by atoms with Gasteiger partial charge in [0.25, 0.3) is 5.91 Å². The molecule has 0 aliphatic heterocycles. The zero-order valence-corrected chi connectivity index (χ0v) is 15.3. The van der Waals surface area contributed by atoms with Crippen molar-refractivity contribution in [1.29, 1.82) is 0 Å². The second-order valence-corrected chi connectivity index (χ2v) is 7.10. The molecule has 4 heteroatoms. The summed E-state index contributed by atoms with van der Waals surface area (Å²) in [7, 11) is 0. The first-order chi connectivity index (χ1) is 11.1. The molecule has 1 N–H and O–H groups in total. The molecule has 0 bridgehead atoms. The quantitative estimate of drug-likeness (QED) is 0.735. The number of carbonyl (C=O) groups excluding carboxylic acids is 1. The van der Waals surface area contributed by atoms with E-state index in [1.54, 1.807) is 6.92 Å². The van der Waals surface area contributed by atoms with Crippen LogP contribution in [0.2, 0.25) is 0 Å². The molecule has 1 amide bonds. The van der Waals surface area contributed by atoms with Gasteiger partial charge < -0.3 is 10.1 Å². The monoisotopic (exact) mass is 421 g/mol. The number of carbonyl (C=O) groups is 1. The summed E-state index contributed by atoms with van der Waals surface area (Å²) < 4.78 is 7.10. The Bertz CT molecular complexity index is 697. The van der Waals surface area contributed by atoms with Crippen molar-refractivity contribution in [2.75, 3.05) is 5.32 Å². The first-order valence-corrected chi connectivity index (χ1v) is 9.05. The largest absolute Gasteiger partial charge is 0.481 e. The van der Waals surface area contributed by atoms with E-state index in [1.807, 2.05) is 36.4 Å². The summed E-state index contributed by atoms with van der Waals surface area (Å²) in [6.45, 7) is 1.80. The van der Waals surface area contributed by atoms with Crippen molar-refractivity contribution < 1.29 is 9.53 Å². The molecule has 0 unspecified atom stereocenters. The standard InChI is InChI=1S/C19H20INO2/c1-13(19(22)21-16-11-9-15(20)10-12-16)23-18-8-4-6-14-5-2-3-7-17(14)18/h4,6,8-13H,2-3,5,7H2,1H3,(H,21,22)/t13-/m0/s1. The van der Waals surface area contributed by atoms with E-state index in [0.29, 0.717) is 0 Å². The summed E-state index contributed by atoms with van der Waals surface area (Å²) in [5.74, 6) is 0.729. The minimum Gasteiger partial charge on any atom is -0.481 e. The number of hydrogen-bond acceptors (Lipinski definition) is 2. The van der Waals surface area contributed by atoms with Crippen LogP contribution in [-0.2, 0) is 17.6 Å². The van der Waals surface area contributed by atoms with Gasteiger partial charge in [-0.05, 0) is 96.7 Å². The minimum atomic E-state index is -0.525. The molecule has 3 nitrogen and oxygen atoms in total. The average Bonchev–Trinajstić information content (AvgIpc) is 2.57. The molecule has 0 fully saturated rings. The van der Waals surface area contributed by atoms with E-state index in [0.717, 1.165) is 27.8 Å². The van der Waals surface area contributed by atoms with Gasteiger partial charge in [-0.3, -0.25) is 4.79 Å². The Kier molecular flexibility index (Phi) is 5.20. The molecular formula is C19H20INO2. The van der Waals surface area contributed by atoms with E-state index in [4.69, 9.17) is 4.74 Å². The molecule has 0 heterocycles. The van der Waals surface area contributed by atoms with Crippen LogP contribution in [0.25, 0.3) is 0 Å². The molecular weight excluding hydrogens is 401 g/mol. The van der Waals surface area contributed by atoms with E-state index < -0.39 is 6.10 Å². The molecule has 2 aromatic carbocycles. The summed E-state index contributed by atoms with van der Waals surface area (Å²) >= 11 is 2.24. The Labute approximate surface area is 150 Å². The number of fused-ring (bicyclic) bond motifs is 1. The highest BCUT2D eigenvalue weighted by molar-refractivity contribution is 14.1. The first kappa shape index (κ1) is 16.3. The molecule has 0 aromatic heterocycles. The predicted molar refractivity (Wildman–Crippen MR) is 101 cm³/mol. The number of ether oxygens (including phenoxy) is 1. The van der Waals surface area contributed by atoms with Crippen LogP contribution in [0.1, 0.15) is 30.9 Å². The summed E-state index contributed by atoms with van der Waals surface area (Å²) in [6.07, 6.45) is 4.05. The number of aryl methyl sites for hydroxylation is 1. The third-order valence-corrected chi connectivity index (χ3v) is 4.86. The van der Waals surface area contributed by atoms with Gasteiger partial charge in [0.15, 0.2) is 6.10 Å². The molecule has 1 aliphatic carbocycles. The van der Waals surface area contributed by atoms with Crippen LogP contribution in [-0.4, -0.2) is 12.0 Å². The van der Waals surface area contributed by atoms with E-state index in [1.165, 1.54) is 24.0 Å². The van der Waals surface area contributed by atoms with Crippen molar-refractivity contribution in [3.63, 3.8) is 0 Å². The van der Waals surface area contributed by atoms with Gasteiger partial charge in [-0.2, -0.15) is 0 Å². The lowest BCUT2D eigenvalue weighted by Gasteiger charge is -2.22. The van der Waals surface area contributed by atoms with Gasteiger partial charge in [0.05, 0.1) is 0 Å². The Hall–Kier alpha value is -1.56. The fraction of sp³-hybridized carbons (Fsp3) is 0.316. The molecule has 1 aliphatic rings. The molecule has 1 atom stereocenters. The summed E-state index contributed by atoms with van der Waals surface area (Å²) in [5, 5.41) is 2.90. The topological polar surface area (TPSA) is 38.3 Å². The number of benzene rings is 2.